The lowest BCUT2D eigenvalue weighted by Gasteiger charge is -2.26. The van der Waals surface area contributed by atoms with Crippen molar-refractivity contribution in [3.63, 3.8) is 0 Å². The highest BCUT2D eigenvalue weighted by atomic mass is 15.1. The first-order chi connectivity index (χ1) is 9.76. The van der Waals surface area contributed by atoms with Crippen molar-refractivity contribution in [2.45, 2.75) is 26.7 Å². The molecule has 0 atom stereocenters. The first-order valence-corrected chi connectivity index (χ1v) is 7.09. The average Bonchev–Trinajstić information content (AvgIpc) is 2.49. The van der Waals surface area contributed by atoms with Gasteiger partial charge in [-0.25, -0.2) is 0 Å². The topological polar surface area (TPSA) is 27.0 Å². The molecule has 0 aliphatic heterocycles. The maximum absolute atomic E-state index is 9.39. The van der Waals surface area contributed by atoms with Crippen LogP contribution in [-0.4, -0.2) is 6.54 Å². The second kappa shape index (κ2) is 6.77. The SMILES string of the molecule is CCCCN(c1ccccc1)c1ccc(C)cc1C#N. The third-order valence-corrected chi connectivity index (χ3v) is 3.37. The summed E-state index contributed by atoms with van der Waals surface area (Å²) >= 11 is 0. The van der Waals surface area contributed by atoms with Gasteiger partial charge in [-0.15, -0.1) is 0 Å². The molecule has 0 radical (unpaired) electrons. The van der Waals surface area contributed by atoms with Gasteiger partial charge in [-0.2, -0.15) is 5.26 Å². The average molecular weight is 264 g/mol. The monoisotopic (exact) mass is 264 g/mol. The van der Waals surface area contributed by atoms with E-state index in [2.05, 4.69) is 42.2 Å². The van der Waals surface area contributed by atoms with Crippen LogP contribution in [0.3, 0.4) is 0 Å². The van der Waals surface area contributed by atoms with Crippen molar-refractivity contribution in [1.29, 1.82) is 5.26 Å². The van der Waals surface area contributed by atoms with E-state index in [-0.39, 0.29) is 0 Å². The molecule has 0 saturated carbocycles. The summed E-state index contributed by atoms with van der Waals surface area (Å²) in [6, 6.07) is 18.7. The van der Waals surface area contributed by atoms with Crippen LogP contribution in [0.5, 0.6) is 0 Å². The molecule has 2 aromatic carbocycles. The van der Waals surface area contributed by atoms with E-state index in [4.69, 9.17) is 0 Å². The van der Waals surface area contributed by atoms with Crippen LogP contribution < -0.4 is 4.90 Å². The molecule has 0 fully saturated rings. The van der Waals surface area contributed by atoms with E-state index in [1.165, 1.54) is 0 Å². The van der Waals surface area contributed by atoms with Crippen LogP contribution >= 0.6 is 0 Å². The van der Waals surface area contributed by atoms with Gasteiger partial charge in [0, 0.05) is 12.2 Å². The van der Waals surface area contributed by atoms with E-state index in [0.717, 1.165) is 41.9 Å². The number of hydrogen-bond acceptors (Lipinski definition) is 2. The summed E-state index contributed by atoms with van der Waals surface area (Å²) in [5.41, 5.74) is 4.00. The molecule has 0 aromatic heterocycles. The minimum absolute atomic E-state index is 0.741. The first-order valence-electron chi connectivity index (χ1n) is 7.09. The van der Waals surface area contributed by atoms with Crippen molar-refractivity contribution >= 4 is 11.4 Å². The number of anilines is 2. The smallest absolute Gasteiger partial charge is 0.101 e. The van der Waals surface area contributed by atoms with Gasteiger partial charge in [-0.1, -0.05) is 37.6 Å². The van der Waals surface area contributed by atoms with E-state index in [1.807, 2.05) is 31.2 Å². The zero-order valence-electron chi connectivity index (χ0n) is 12.1. The molecule has 0 unspecified atom stereocenters. The molecule has 0 saturated heterocycles. The summed E-state index contributed by atoms with van der Waals surface area (Å²) in [6.45, 7) is 5.13. The third-order valence-electron chi connectivity index (χ3n) is 3.37. The lowest BCUT2D eigenvalue weighted by molar-refractivity contribution is 0.785. The second-order valence-electron chi connectivity index (χ2n) is 4.97. The molecule has 2 nitrogen and oxygen atoms in total. The quantitative estimate of drug-likeness (QED) is 0.775. The summed E-state index contributed by atoms with van der Waals surface area (Å²) < 4.78 is 0. The normalized spacial score (nSPS) is 10.1. The van der Waals surface area contributed by atoms with Crippen molar-refractivity contribution < 1.29 is 0 Å². The van der Waals surface area contributed by atoms with Gasteiger partial charge in [-0.05, 0) is 43.2 Å². The Balaban J connectivity index is 2.44. The number of unbranched alkanes of at least 4 members (excludes halogenated alkanes) is 1. The number of benzene rings is 2. The first kappa shape index (κ1) is 14.1. The fourth-order valence-electron chi connectivity index (χ4n) is 2.29. The number of para-hydroxylation sites is 1. The Hall–Kier alpha value is -2.27. The molecule has 0 aliphatic carbocycles. The third kappa shape index (κ3) is 3.19. The number of hydrogen-bond donors (Lipinski definition) is 0. The zero-order valence-corrected chi connectivity index (χ0v) is 12.1. The highest BCUT2D eigenvalue weighted by Crippen LogP contribution is 2.29. The van der Waals surface area contributed by atoms with Crippen molar-refractivity contribution in [3.05, 3.63) is 59.7 Å². The minimum Gasteiger partial charge on any atom is -0.340 e. The fourth-order valence-corrected chi connectivity index (χ4v) is 2.29. The summed E-state index contributed by atoms with van der Waals surface area (Å²) in [5.74, 6) is 0. The maximum Gasteiger partial charge on any atom is 0.101 e. The van der Waals surface area contributed by atoms with Gasteiger partial charge in [0.2, 0.25) is 0 Å². The molecule has 0 amide bonds. The second-order valence-corrected chi connectivity index (χ2v) is 4.97. The van der Waals surface area contributed by atoms with Gasteiger partial charge in [0.05, 0.1) is 11.3 Å². The van der Waals surface area contributed by atoms with Crippen molar-refractivity contribution in [3.8, 4) is 6.07 Å². The van der Waals surface area contributed by atoms with Crippen molar-refractivity contribution in [2.75, 3.05) is 11.4 Å². The molecule has 0 heterocycles. The fraction of sp³-hybridized carbons (Fsp3) is 0.278. The predicted molar refractivity (Wildman–Crippen MR) is 84.3 cm³/mol. The zero-order chi connectivity index (χ0) is 14.4. The molecule has 20 heavy (non-hydrogen) atoms. The minimum atomic E-state index is 0.741. The lowest BCUT2D eigenvalue weighted by atomic mass is 10.1. The van der Waals surface area contributed by atoms with Gasteiger partial charge in [0.15, 0.2) is 0 Å². The molecule has 102 valence electrons. The van der Waals surface area contributed by atoms with Crippen molar-refractivity contribution in [2.24, 2.45) is 0 Å². The van der Waals surface area contributed by atoms with Gasteiger partial charge in [0.25, 0.3) is 0 Å². The Kier molecular flexibility index (Phi) is 4.79. The van der Waals surface area contributed by atoms with Gasteiger partial charge in [-0.3, -0.25) is 0 Å². The van der Waals surface area contributed by atoms with Crippen LogP contribution in [0.15, 0.2) is 48.5 Å². The van der Waals surface area contributed by atoms with Crippen molar-refractivity contribution in [1.82, 2.24) is 0 Å². The molecule has 2 aromatic rings. The lowest BCUT2D eigenvalue weighted by Crippen LogP contribution is -2.19. The molecular formula is C18H20N2. The van der Waals surface area contributed by atoms with E-state index in [1.54, 1.807) is 0 Å². The van der Waals surface area contributed by atoms with Crippen LogP contribution in [0, 0.1) is 18.3 Å². The number of aryl methyl sites for hydroxylation is 1. The van der Waals surface area contributed by atoms with Crippen LogP contribution in [0.2, 0.25) is 0 Å². The Morgan fingerprint density at radius 3 is 2.50 bits per heavy atom. The Labute approximate surface area is 121 Å². The Morgan fingerprint density at radius 2 is 1.85 bits per heavy atom. The van der Waals surface area contributed by atoms with E-state index < -0.39 is 0 Å². The standard InChI is InChI=1S/C18H20N2/c1-3-4-12-20(17-8-6-5-7-9-17)18-11-10-15(2)13-16(18)14-19/h5-11,13H,3-4,12H2,1-2H3. The number of nitriles is 1. The van der Waals surface area contributed by atoms with E-state index in [9.17, 15) is 5.26 Å². The molecule has 2 heteroatoms. The molecule has 0 bridgehead atoms. The molecule has 0 spiro atoms. The predicted octanol–water partition coefficient (Wildman–Crippen LogP) is 4.80. The maximum atomic E-state index is 9.39. The largest absolute Gasteiger partial charge is 0.340 e. The molecule has 2 rings (SSSR count). The highest BCUT2D eigenvalue weighted by molar-refractivity contribution is 5.69. The van der Waals surface area contributed by atoms with Crippen LogP contribution in [0.4, 0.5) is 11.4 Å². The Bertz CT molecular complexity index is 597. The Morgan fingerprint density at radius 1 is 1.10 bits per heavy atom. The van der Waals surface area contributed by atoms with E-state index in [0.29, 0.717) is 0 Å². The highest BCUT2D eigenvalue weighted by Gasteiger charge is 2.12. The summed E-state index contributed by atoms with van der Waals surface area (Å²) in [5, 5.41) is 9.39. The molecular weight excluding hydrogens is 244 g/mol. The number of rotatable bonds is 5. The van der Waals surface area contributed by atoms with E-state index >= 15 is 0 Å². The summed E-state index contributed by atoms with van der Waals surface area (Å²) in [6.07, 6.45) is 2.24. The number of nitrogens with zero attached hydrogens (tertiary/aromatic N) is 2. The summed E-state index contributed by atoms with van der Waals surface area (Å²) in [7, 11) is 0. The van der Waals surface area contributed by atoms with Crippen LogP contribution in [0.25, 0.3) is 0 Å². The molecule has 0 N–H and O–H groups in total. The molecule has 0 aliphatic rings. The van der Waals surface area contributed by atoms with Gasteiger partial charge in [0.1, 0.15) is 6.07 Å². The van der Waals surface area contributed by atoms with Crippen LogP contribution in [0.1, 0.15) is 30.9 Å². The van der Waals surface area contributed by atoms with Gasteiger partial charge >= 0.3 is 0 Å². The summed E-state index contributed by atoms with van der Waals surface area (Å²) in [4.78, 5) is 2.24. The van der Waals surface area contributed by atoms with Gasteiger partial charge < -0.3 is 4.90 Å². The van der Waals surface area contributed by atoms with Crippen LogP contribution in [-0.2, 0) is 0 Å².